The lowest BCUT2D eigenvalue weighted by molar-refractivity contribution is -0.119. The standard InChI is InChI=1S/C18H36N2O2S2/c1-3-5-6-7-8-9-10-12-17(21)13-11-15-23-24-16-14-20-18(22)19-4-2/h3-16H2,1-2H3,(H2,19,20,22). The van der Waals surface area contributed by atoms with Crippen molar-refractivity contribution >= 4 is 33.4 Å². The zero-order valence-electron chi connectivity index (χ0n) is 15.5. The Labute approximate surface area is 156 Å². The normalized spacial score (nSPS) is 10.6. The number of carbonyl (C=O) groups is 2. The summed E-state index contributed by atoms with van der Waals surface area (Å²) in [6.45, 7) is 5.47. The van der Waals surface area contributed by atoms with Crippen molar-refractivity contribution in [3.63, 3.8) is 0 Å². The Hall–Kier alpha value is -0.360. The van der Waals surface area contributed by atoms with Gasteiger partial charge in [-0.3, -0.25) is 4.79 Å². The van der Waals surface area contributed by atoms with E-state index in [1.54, 1.807) is 21.6 Å². The average molecular weight is 377 g/mol. The van der Waals surface area contributed by atoms with Gasteiger partial charge in [-0.2, -0.15) is 0 Å². The van der Waals surface area contributed by atoms with Gasteiger partial charge in [0.15, 0.2) is 0 Å². The highest BCUT2D eigenvalue weighted by atomic mass is 33.1. The molecule has 0 aromatic carbocycles. The molecular formula is C18H36N2O2S2. The maximum Gasteiger partial charge on any atom is 0.314 e. The quantitative estimate of drug-likeness (QED) is 0.271. The number of nitrogens with one attached hydrogen (secondary N) is 2. The van der Waals surface area contributed by atoms with E-state index < -0.39 is 0 Å². The smallest absolute Gasteiger partial charge is 0.314 e. The fourth-order valence-electron chi connectivity index (χ4n) is 2.28. The highest BCUT2D eigenvalue weighted by Crippen LogP contribution is 2.22. The van der Waals surface area contributed by atoms with Crippen LogP contribution in [0.1, 0.15) is 78.1 Å². The molecule has 0 spiro atoms. The third-order valence-corrected chi connectivity index (χ3v) is 6.13. The van der Waals surface area contributed by atoms with E-state index in [1.807, 2.05) is 6.92 Å². The molecule has 24 heavy (non-hydrogen) atoms. The van der Waals surface area contributed by atoms with Crippen LogP contribution in [0.25, 0.3) is 0 Å². The van der Waals surface area contributed by atoms with Crippen LogP contribution in [0.5, 0.6) is 0 Å². The van der Waals surface area contributed by atoms with Crippen LogP contribution < -0.4 is 10.6 Å². The zero-order chi connectivity index (χ0) is 17.9. The molecule has 142 valence electrons. The molecule has 0 aliphatic carbocycles. The Morgan fingerprint density at radius 1 is 0.750 bits per heavy atom. The van der Waals surface area contributed by atoms with Gasteiger partial charge < -0.3 is 10.6 Å². The highest BCUT2D eigenvalue weighted by Gasteiger charge is 2.02. The molecular weight excluding hydrogens is 340 g/mol. The van der Waals surface area contributed by atoms with Gasteiger partial charge in [0.25, 0.3) is 0 Å². The van der Waals surface area contributed by atoms with Gasteiger partial charge in [-0.05, 0) is 19.8 Å². The Morgan fingerprint density at radius 2 is 1.38 bits per heavy atom. The summed E-state index contributed by atoms with van der Waals surface area (Å²) in [5.41, 5.74) is 0. The van der Waals surface area contributed by atoms with E-state index in [4.69, 9.17) is 0 Å². The molecule has 0 saturated carbocycles. The van der Waals surface area contributed by atoms with E-state index in [9.17, 15) is 9.59 Å². The first kappa shape index (κ1) is 23.6. The molecule has 6 heteroatoms. The van der Waals surface area contributed by atoms with Crippen LogP contribution in [0, 0.1) is 0 Å². The molecule has 4 nitrogen and oxygen atoms in total. The summed E-state index contributed by atoms with van der Waals surface area (Å²) in [5.74, 6) is 2.33. The van der Waals surface area contributed by atoms with Gasteiger partial charge in [0.05, 0.1) is 0 Å². The van der Waals surface area contributed by atoms with Gasteiger partial charge in [0.2, 0.25) is 0 Å². The topological polar surface area (TPSA) is 58.2 Å². The Balaban J connectivity index is 3.22. The molecule has 0 aromatic heterocycles. The molecule has 2 amide bonds. The lowest BCUT2D eigenvalue weighted by Crippen LogP contribution is -2.36. The largest absolute Gasteiger partial charge is 0.338 e. The van der Waals surface area contributed by atoms with E-state index in [0.29, 0.717) is 18.9 Å². The summed E-state index contributed by atoms with van der Waals surface area (Å²) in [5, 5.41) is 5.50. The third kappa shape index (κ3) is 18.0. The molecule has 0 aliphatic heterocycles. The Bertz CT molecular complexity index is 315. The summed E-state index contributed by atoms with van der Waals surface area (Å²) in [4.78, 5) is 22.9. The number of amides is 2. The second kappa shape index (κ2) is 19.0. The fourth-order valence-corrected chi connectivity index (χ4v) is 4.27. The molecule has 0 saturated heterocycles. The molecule has 0 atom stereocenters. The lowest BCUT2D eigenvalue weighted by atomic mass is 10.1. The van der Waals surface area contributed by atoms with Crippen LogP contribution in [0.4, 0.5) is 4.79 Å². The number of carbonyl (C=O) groups excluding carboxylic acids is 2. The van der Waals surface area contributed by atoms with Gasteiger partial charge in [0.1, 0.15) is 5.78 Å². The van der Waals surface area contributed by atoms with E-state index in [1.165, 1.54) is 38.5 Å². The highest BCUT2D eigenvalue weighted by molar-refractivity contribution is 8.76. The van der Waals surface area contributed by atoms with Crippen molar-refractivity contribution in [1.82, 2.24) is 10.6 Å². The predicted molar refractivity (Wildman–Crippen MR) is 109 cm³/mol. The number of ketones is 1. The van der Waals surface area contributed by atoms with Crippen LogP contribution in [0.3, 0.4) is 0 Å². The van der Waals surface area contributed by atoms with Crippen molar-refractivity contribution in [1.29, 1.82) is 0 Å². The van der Waals surface area contributed by atoms with E-state index >= 15 is 0 Å². The minimum Gasteiger partial charge on any atom is -0.338 e. The maximum absolute atomic E-state index is 11.8. The summed E-state index contributed by atoms with van der Waals surface area (Å²) in [6.07, 6.45) is 11.3. The van der Waals surface area contributed by atoms with Crippen molar-refractivity contribution < 1.29 is 9.59 Å². The van der Waals surface area contributed by atoms with E-state index in [0.717, 1.165) is 37.2 Å². The van der Waals surface area contributed by atoms with Crippen molar-refractivity contribution in [2.45, 2.75) is 78.1 Å². The number of rotatable bonds is 17. The molecule has 0 aliphatic rings. The van der Waals surface area contributed by atoms with Crippen molar-refractivity contribution in [2.24, 2.45) is 0 Å². The average Bonchev–Trinajstić information content (AvgIpc) is 2.56. The molecule has 0 heterocycles. The molecule has 0 unspecified atom stereocenters. The summed E-state index contributed by atoms with van der Waals surface area (Å²) in [6, 6.07) is -0.0981. The first-order chi connectivity index (χ1) is 11.7. The predicted octanol–water partition coefficient (Wildman–Crippen LogP) is 5.18. The number of hydrogen-bond donors (Lipinski definition) is 2. The first-order valence-corrected chi connectivity index (χ1v) is 12.0. The minimum absolute atomic E-state index is 0.0981. The second-order valence-corrected chi connectivity index (χ2v) is 8.65. The van der Waals surface area contributed by atoms with E-state index in [2.05, 4.69) is 17.6 Å². The van der Waals surface area contributed by atoms with Crippen molar-refractivity contribution in [3.8, 4) is 0 Å². The van der Waals surface area contributed by atoms with Gasteiger partial charge in [-0.1, -0.05) is 67.0 Å². The molecule has 2 N–H and O–H groups in total. The minimum atomic E-state index is -0.0981. The third-order valence-electron chi connectivity index (χ3n) is 3.63. The number of urea groups is 1. The number of hydrogen-bond acceptors (Lipinski definition) is 4. The molecule has 0 fully saturated rings. The van der Waals surface area contributed by atoms with Crippen molar-refractivity contribution in [2.75, 3.05) is 24.6 Å². The molecule has 0 bridgehead atoms. The van der Waals surface area contributed by atoms with Gasteiger partial charge >= 0.3 is 6.03 Å². The van der Waals surface area contributed by atoms with Gasteiger partial charge in [-0.15, -0.1) is 0 Å². The SMILES string of the molecule is CCCCCCCCCC(=O)CCCSSCCNC(=O)NCC. The molecule has 0 rings (SSSR count). The summed E-state index contributed by atoms with van der Waals surface area (Å²) in [7, 11) is 3.55. The van der Waals surface area contributed by atoms with Gasteiger partial charge in [-0.25, -0.2) is 4.79 Å². The van der Waals surface area contributed by atoms with Gasteiger partial charge in [0, 0.05) is 37.4 Å². The fraction of sp³-hybridized carbons (Fsp3) is 0.889. The molecule has 0 radical (unpaired) electrons. The number of Topliss-reactive ketones (excluding diaryl/α,β-unsaturated/α-hetero) is 1. The van der Waals surface area contributed by atoms with Crippen LogP contribution in [-0.2, 0) is 4.79 Å². The molecule has 0 aromatic rings. The van der Waals surface area contributed by atoms with E-state index in [-0.39, 0.29) is 6.03 Å². The monoisotopic (exact) mass is 376 g/mol. The summed E-state index contributed by atoms with van der Waals surface area (Å²) < 4.78 is 0. The Morgan fingerprint density at radius 3 is 2.08 bits per heavy atom. The summed E-state index contributed by atoms with van der Waals surface area (Å²) >= 11 is 0. The number of unbranched alkanes of at least 4 members (excludes halogenated alkanes) is 6. The maximum atomic E-state index is 11.8. The second-order valence-electron chi connectivity index (χ2n) is 5.94. The van der Waals surface area contributed by atoms with Crippen LogP contribution in [-0.4, -0.2) is 36.4 Å². The Kier molecular flexibility index (Phi) is 18.7. The van der Waals surface area contributed by atoms with Crippen LogP contribution in [0.2, 0.25) is 0 Å². The lowest BCUT2D eigenvalue weighted by Gasteiger charge is -2.05. The zero-order valence-corrected chi connectivity index (χ0v) is 17.2. The van der Waals surface area contributed by atoms with Crippen LogP contribution in [0.15, 0.2) is 0 Å². The van der Waals surface area contributed by atoms with Crippen molar-refractivity contribution in [3.05, 3.63) is 0 Å². The first-order valence-electron chi connectivity index (χ1n) is 9.48. The van der Waals surface area contributed by atoms with Crippen LogP contribution >= 0.6 is 21.6 Å².